The summed E-state index contributed by atoms with van der Waals surface area (Å²) in [6.45, 7) is 3.62. The van der Waals surface area contributed by atoms with Gasteiger partial charge in [0, 0.05) is 5.69 Å². The van der Waals surface area contributed by atoms with Gasteiger partial charge in [-0.25, -0.2) is 0 Å². The van der Waals surface area contributed by atoms with Crippen molar-refractivity contribution in [2.24, 2.45) is 0 Å². The van der Waals surface area contributed by atoms with Crippen molar-refractivity contribution in [2.45, 2.75) is 26.4 Å². The van der Waals surface area contributed by atoms with Crippen LogP contribution in [0.5, 0.6) is 0 Å². The van der Waals surface area contributed by atoms with E-state index >= 15 is 0 Å². The second-order valence-electron chi connectivity index (χ2n) is 5.73. The van der Waals surface area contributed by atoms with E-state index in [1.54, 1.807) is 0 Å². The van der Waals surface area contributed by atoms with Crippen molar-refractivity contribution in [1.29, 1.82) is 0 Å². The van der Waals surface area contributed by atoms with Crippen LogP contribution in [0.25, 0.3) is 0 Å². The van der Waals surface area contributed by atoms with Crippen LogP contribution in [0.1, 0.15) is 23.1 Å². The highest BCUT2D eigenvalue weighted by molar-refractivity contribution is 6.33. The predicted molar refractivity (Wildman–Crippen MR) is 94.2 cm³/mol. The minimum atomic E-state index is -4.57. The summed E-state index contributed by atoms with van der Waals surface area (Å²) in [5.41, 5.74) is 1.12. The summed E-state index contributed by atoms with van der Waals surface area (Å²) in [6.07, 6.45) is -5.12. The molecule has 0 bridgehead atoms. The van der Waals surface area contributed by atoms with Crippen LogP contribution < -0.4 is 10.6 Å². The topological polar surface area (TPSA) is 58.2 Å². The lowest BCUT2D eigenvalue weighted by Crippen LogP contribution is -2.22. The van der Waals surface area contributed by atoms with E-state index in [-0.39, 0.29) is 10.7 Å². The van der Waals surface area contributed by atoms with Crippen molar-refractivity contribution in [3.8, 4) is 0 Å². The van der Waals surface area contributed by atoms with Crippen LogP contribution >= 0.6 is 11.6 Å². The summed E-state index contributed by atoms with van der Waals surface area (Å²) >= 11 is 5.82. The summed E-state index contributed by atoms with van der Waals surface area (Å²) in [5, 5.41) is 4.82. The third kappa shape index (κ3) is 4.98. The molecule has 2 rings (SSSR count). The number of hydrogen-bond acceptors (Lipinski definition) is 2. The van der Waals surface area contributed by atoms with Gasteiger partial charge in [-0.2, -0.15) is 13.2 Å². The van der Waals surface area contributed by atoms with E-state index in [9.17, 15) is 22.8 Å². The van der Waals surface area contributed by atoms with Crippen molar-refractivity contribution in [3.63, 3.8) is 0 Å². The van der Waals surface area contributed by atoms with Gasteiger partial charge in [0.05, 0.1) is 16.3 Å². The third-order valence-electron chi connectivity index (χ3n) is 3.63. The van der Waals surface area contributed by atoms with Crippen molar-refractivity contribution >= 4 is 34.8 Å². The first kappa shape index (κ1) is 19.8. The largest absolute Gasteiger partial charge is 0.416 e. The fourth-order valence-corrected chi connectivity index (χ4v) is 2.50. The summed E-state index contributed by atoms with van der Waals surface area (Å²) in [6, 6.07) is 8.03. The number of rotatable bonds is 4. The van der Waals surface area contributed by atoms with Crippen LogP contribution in [0.3, 0.4) is 0 Å². The van der Waals surface area contributed by atoms with E-state index in [0.717, 1.165) is 29.3 Å². The molecule has 0 aliphatic carbocycles. The highest BCUT2D eigenvalue weighted by Gasteiger charge is 2.31. The van der Waals surface area contributed by atoms with Gasteiger partial charge in [-0.1, -0.05) is 29.8 Å². The molecule has 0 atom stereocenters. The first-order valence-corrected chi connectivity index (χ1v) is 7.98. The van der Waals surface area contributed by atoms with Crippen molar-refractivity contribution < 1.29 is 22.8 Å². The zero-order valence-corrected chi connectivity index (χ0v) is 14.8. The minimum Gasteiger partial charge on any atom is -0.325 e. The van der Waals surface area contributed by atoms with E-state index in [1.165, 1.54) is 0 Å². The first-order valence-electron chi connectivity index (χ1n) is 7.60. The van der Waals surface area contributed by atoms with Crippen LogP contribution in [-0.4, -0.2) is 11.8 Å². The van der Waals surface area contributed by atoms with Gasteiger partial charge in [0.1, 0.15) is 6.42 Å². The zero-order valence-electron chi connectivity index (χ0n) is 14.0. The number of para-hydroxylation sites is 1. The Morgan fingerprint density at radius 2 is 1.58 bits per heavy atom. The SMILES string of the molecule is Cc1cccc(C)c1NC(=O)CC(=O)Nc1cc(C(F)(F)F)ccc1Cl. The number of nitrogens with one attached hydrogen (secondary N) is 2. The monoisotopic (exact) mass is 384 g/mol. The Labute approximate surface area is 153 Å². The quantitative estimate of drug-likeness (QED) is 0.733. The summed E-state index contributed by atoms with van der Waals surface area (Å²) < 4.78 is 38.2. The maximum Gasteiger partial charge on any atom is 0.416 e. The number of anilines is 2. The number of carbonyl (C=O) groups is 2. The third-order valence-corrected chi connectivity index (χ3v) is 3.96. The molecule has 8 heteroatoms. The molecule has 0 saturated carbocycles. The van der Waals surface area contributed by atoms with Crippen molar-refractivity contribution in [2.75, 3.05) is 10.6 Å². The molecule has 0 aliphatic rings. The summed E-state index contributed by atoms with van der Waals surface area (Å²) in [4.78, 5) is 24.0. The van der Waals surface area contributed by atoms with E-state index in [0.29, 0.717) is 5.69 Å². The number of amides is 2. The van der Waals surface area contributed by atoms with Crippen molar-refractivity contribution in [1.82, 2.24) is 0 Å². The van der Waals surface area contributed by atoms with Gasteiger partial charge in [-0.05, 0) is 43.2 Å². The maximum atomic E-state index is 12.7. The minimum absolute atomic E-state index is 0.0542. The standard InChI is InChI=1S/C18H16ClF3N2O2/c1-10-4-3-5-11(2)17(10)24-16(26)9-15(25)23-14-8-12(18(20,21)22)6-7-13(14)19/h3-8H,9H2,1-2H3,(H,23,25)(H,24,26). The summed E-state index contributed by atoms with van der Waals surface area (Å²) in [5.74, 6) is -1.35. The molecule has 0 heterocycles. The molecule has 0 spiro atoms. The van der Waals surface area contributed by atoms with Crippen LogP contribution in [0.4, 0.5) is 24.5 Å². The smallest absolute Gasteiger partial charge is 0.325 e. The van der Waals surface area contributed by atoms with E-state index in [4.69, 9.17) is 11.6 Å². The predicted octanol–water partition coefficient (Wildman–Crippen LogP) is 4.94. The molecule has 0 unspecified atom stereocenters. The van der Waals surface area contributed by atoms with Crippen LogP contribution in [0.15, 0.2) is 36.4 Å². The van der Waals surface area contributed by atoms with Gasteiger partial charge in [0.2, 0.25) is 11.8 Å². The number of alkyl halides is 3. The molecule has 4 nitrogen and oxygen atoms in total. The highest BCUT2D eigenvalue weighted by atomic mass is 35.5. The van der Waals surface area contributed by atoms with E-state index in [2.05, 4.69) is 10.6 Å². The number of halogens is 4. The number of hydrogen-bond donors (Lipinski definition) is 2. The number of carbonyl (C=O) groups excluding carboxylic acids is 2. The Hall–Kier alpha value is -2.54. The van der Waals surface area contributed by atoms with Crippen molar-refractivity contribution in [3.05, 3.63) is 58.1 Å². The fraction of sp³-hybridized carbons (Fsp3) is 0.222. The average molecular weight is 385 g/mol. The molecule has 2 amide bonds. The highest BCUT2D eigenvalue weighted by Crippen LogP contribution is 2.33. The van der Waals surface area contributed by atoms with Gasteiger partial charge in [-0.3, -0.25) is 9.59 Å². The molecule has 2 aromatic carbocycles. The van der Waals surface area contributed by atoms with Gasteiger partial charge >= 0.3 is 6.18 Å². The first-order chi connectivity index (χ1) is 12.1. The molecule has 0 aromatic heterocycles. The van der Waals surface area contributed by atoms with Crippen LogP contribution in [0, 0.1) is 13.8 Å². The second kappa shape index (κ2) is 7.78. The van der Waals surface area contributed by atoms with Gasteiger partial charge < -0.3 is 10.6 Å². The Balaban J connectivity index is 2.06. The molecule has 2 aromatic rings. The molecule has 0 saturated heterocycles. The Morgan fingerprint density at radius 3 is 2.15 bits per heavy atom. The summed E-state index contributed by atoms with van der Waals surface area (Å²) in [7, 11) is 0. The molecule has 0 aliphatic heterocycles. The molecular formula is C18H16ClF3N2O2. The van der Waals surface area contributed by atoms with Gasteiger partial charge in [0.25, 0.3) is 0 Å². The number of aryl methyl sites for hydroxylation is 2. The zero-order chi connectivity index (χ0) is 19.5. The Morgan fingerprint density at radius 1 is 1.00 bits per heavy atom. The Bertz CT molecular complexity index is 831. The number of benzene rings is 2. The molecule has 0 radical (unpaired) electrons. The molecule has 0 fully saturated rings. The lowest BCUT2D eigenvalue weighted by Gasteiger charge is -2.13. The molecule has 2 N–H and O–H groups in total. The molecule has 26 heavy (non-hydrogen) atoms. The lowest BCUT2D eigenvalue weighted by atomic mass is 10.1. The Kier molecular flexibility index (Phi) is 5.92. The maximum absolute atomic E-state index is 12.7. The average Bonchev–Trinajstić information content (AvgIpc) is 2.52. The van der Waals surface area contributed by atoms with E-state index in [1.807, 2.05) is 32.0 Å². The van der Waals surface area contributed by atoms with E-state index < -0.39 is 30.0 Å². The van der Waals surface area contributed by atoms with Crippen LogP contribution in [-0.2, 0) is 15.8 Å². The van der Waals surface area contributed by atoms with Crippen LogP contribution in [0.2, 0.25) is 5.02 Å². The molecule has 138 valence electrons. The fourth-order valence-electron chi connectivity index (χ4n) is 2.33. The second-order valence-corrected chi connectivity index (χ2v) is 6.14. The normalized spacial score (nSPS) is 11.2. The molecular weight excluding hydrogens is 369 g/mol. The van der Waals surface area contributed by atoms with Gasteiger partial charge in [0.15, 0.2) is 0 Å². The lowest BCUT2D eigenvalue weighted by molar-refractivity contribution is -0.137. The van der Waals surface area contributed by atoms with Gasteiger partial charge in [-0.15, -0.1) is 0 Å².